The molecule has 1 amide bonds. The molecule has 0 saturated heterocycles. The van der Waals surface area contributed by atoms with Gasteiger partial charge in [-0.2, -0.15) is 5.10 Å². The molecule has 0 saturated carbocycles. The van der Waals surface area contributed by atoms with Crippen molar-refractivity contribution in [2.45, 2.75) is 13.0 Å². The molecule has 0 fully saturated rings. The number of esters is 1. The van der Waals surface area contributed by atoms with E-state index in [1.165, 1.54) is 6.21 Å². The number of benzene rings is 3. The number of aliphatic hydroxyl groups excluding tert-OH is 1. The third-order valence-electron chi connectivity index (χ3n) is 4.32. The Kier molecular flexibility index (Phi) is 8.13. The third-order valence-corrected chi connectivity index (χ3v) is 4.81. The summed E-state index contributed by atoms with van der Waals surface area (Å²) in [5, 5.41) is 14.0. The fourth-order valence-corrected chi connectivity index (χ4v) is 3.12. The standard InChI is InChI=1S/C24H21BrN2O5/c1-2-31-20-11-8-17(9-12-20)24(30)32-21-13-10-19(25)14-18(21)15-26-27-23(29)22(28)16-6-4-3-5-7-16/h3-15,22,28H,2H2,1H3,(H,27,29)/b26-15-/t22-/m1/s1. The van der Waals surface area contributed by atoms with Gasteiger partial charge in [0.1, 0.15) is 11.5 Å². The van der Waals surface area contributed by atoms with Crippen LogP contribution in [-0.2, 0) is 4.79 Å². The van der Waals surface area contributed by atoms with Crippen LogP contribution in [-0.4, -0.2) is 29.8 Å². The van der Waals surface area contributed by atoms with Gasteiger partial charge in [0.15, 0.2) is 6.10 Å². The number of hydrogen-bond acceptors (Lipinski definition) is 6. The van der Waals surface area contributed by atoms with Gasteiger partial charge in [-0.05, 0) is 55.0 Å². The molecule has 8 heteroatoms. The Bertz CT molecular complexity index is 1100. The molecule has 3 aromatic rings. The first-order valence-electron chi connectivity index (χ1n) is 9.78. The number of ether oxygens (including phenoxy) is 2. The zero-order valence-corrected chi connectivity index (χ0v) is 18.8. The quantitative estimate of drug-likeness (QED) is 0.210. The first-order chi connectivity index (χ1) is 15.5. The second kappa shape index (κ2) is 11.2. The molecule has 0 unspecified atom stereocenters. The Morgan fingerprint density at radius 1 is 1.09 bits per heavy atom. The minimum atomic E-state index is -1.35. The summed E-state index contributed by atoms with van der Waals surface area (Å²) >= 11 is 3.36. The molecule has 1 atom stereocenters. The van der Waals surface area contributed by atoms with E-state index in [0.717, 1.165) is 4.47 Å². The predicted octanol–water partition coefficient (Wildman–Crippen LogP) is 4.25. The summed E-state index contributed by atoms with van der Waals surface area (Å²) in [6.07, 6.45) is -0.0194. The van der Waals surface area contributed by atoms with E-state index in [1.54, 1.807) is 72.8 Å². The van der Waals surface area contributed by atoms with Crippen LogP contribution in [0.15, 0.2) is 82.4 Å². The van der Waals surface area contributed by atoms with E-state index in [0.29, 0.717) is 29.0 Å². The minimum Gasteiger partial charge on any atom is -0.494 e. The number of carbonyl (C=O) groups is 2. The first kappa shape index (κ1) is 23.2. The molecule has 3 aromatic carbocycles. The maximum absolute atomic E-state index is 12.5. The van der Waals surface area contributed by atoms with Gasteiger partial charge in [-0.1, -0.05) is 46.3 Å². The number of rotatable bonds is 8. The SMILES string of the molecule is CCOc1ccc(C(=O)Oc2ccc(Br)cc2/C=N\NC(=O)[C@H](O)c2ccccc2)cc1. The van der Waals surface area contributed by atoms with Gasteiger partial charge in [0, 0.05) is 10.0 Å². The van der Waals surface area contributed by atoms with Gasteiger partial charge in [0.2, 0.25) is 0 Å². The van der Waals surface area contributed by atoms with Crippen molar-refractivity contribution in [2.75, 3.05) is 6.61 Å². The summed E-state index contributed by atoms with van der Waals surface area (Å²) in [5.41, 5.74) is 3.55. The molecule has 0 bridgehead atoms. The van der Waals surface area contributed by atoms with E-state index < -0.39 is 18.0 Å². The third kappa shape index (κ3) is 6.26. The van der Waals surface area contributed by atoms with E-state index in [1.807, 2.05) is 6.92 Å². The van der Waals surface area contributed by atoms with Crippen molar-refractivity contribution < 1.29 is 24.2 Å². The van der Waals surface area contributed by atoms with E-state index in [-0.39, 0.29) is 5.75 Å². The molecule has 0 aliphatic carbocycles. The van der Waals surface area contributed by atoms with E-state index in [9.17, 15) is 14.7 Å². The monoisotopic (exact) mass is 496 g/mol. The molecule has 0 aromatic heterocycles. The lowest BCUT2D eigenvalue weighted by molar-refractivity contribution is -0.129. The highest BCUT2D eigenvalue weighted by Gasteiger charge is 2.16. The highest BCUT2D eigenvalue weighted by molar-refractivity contribution is 9.10. The van der Waals surface area contributed by atoms with Crippen LogP contribution in [0.2, 0.25) is 0 Å². The summed E-state index contributed by atoms with van der Waals surface area (Å²) in [4.78, 5) is 24.7. The van der Waals surface area contributed by atoms with E-state index in [4.69, 9.17) is 9.47 Å². The van der Waals surface area contributed by atoms with Gasteiger partial charge in [-0.3, -0.25) is 4.79 Å². The van der Waals surface area contributed by atoms with Crippen LogP contribution in [0, 0.1) is 0 Å². The molecule has 0 aliphatic rings. The van der Waals surface area contributed by atoms with Crippen LogP contribution in [0.1, 0.15) is 34.5 Å². The van der Waals surface area contributed by atoms with Crippen molar-refractivity contribution in [3.8, 4) is 11.5 Å². The van der Waals surface area contributed by atoms with Gasteiger partial charge in [-0.15, -0.1) is 0 Å². The molecular formula is C24H21BrN2O5. The van der Waals surface area contributed by atoms with Crippen molar-refractivity contribution in [1.82, 2.24) is 5.43 Å². The summed E-state index contributed by atoms with van der Waals surface area (Å²) in [6, 6.07) is 20.1. The second-order valence-electron chi connectivity index (χ2n) is 6.58. The summed E-state index contributed by atoms with van der Waals surface area (Å²) in [5.74, 6) is -0.313. The lowest BCUT2D eigenvalue weighted by Crippen LogP contribution is -2.25. The van der Waals surface area contributed by atoms with Crippen molar-refractivity contribution in [2.24, 2.45) is 5.10 Å². The van der Waals surface area contributed by atoms with Crippen LogP contribution in [0.5, 0.6) is 11.5 Å². The first-order valence-corrected chi connectivity index (χ1v) is 10.6. The largest absolute Gasteiger partial charge is 0.494 e. The number of nitrogens with one attached hydrogen (secondary N) is 1. The van der Waals surface area contributed by atoms with Gasteiger partial charge >= 0.3 is 5.97 Å². The molecule has 164 valence electrons. The Labute approximate surface area is 193 Å². The number of carbonyl (C=O) groups excluding carboxylic acids is 2. The van der Waals surface area contributed by atoms with E-state index >= 15 is 0 Å². The smallest absolute Gasteiger partial charge is 0.343 e. The van der Waals surface area contributed by atoms with Crippen molar-refractivity contribution >= 4 is 34.0 Å². The molecule has 0 aliphatic heterocycles. The average molecular weight is 497 g/mol. The maximum Gasteiger partial charge on any atom is 0.343 e. The van der Waals surface area contributed by atoms with Crippen LogP contribution in [0.3, 0.4) is 0 Å². The normalized spacial score (nSPS) is 11.7. The fraction of sp³-hybridized carbons (Fsp3) is 0.125. The van der Waals surface area contributed by atoms with Crippen molar-refractivity contribution in [1.29, 1.82) is 0 Å². The average Bonchev–Trinajstić information content (AvgIpc) is 2.81. The second-order valence-corrected chi connectivity index (χ2v) is 7.49. The zero-order valence-electron chi connectivity index (χ0n) is 17.2. The maximum atomic E-state index is 12.5. The molecule has 2 N–H and O–H groups in total. The molecule has 0 radical (unpaired) electrons. The van der Waals surface area contributed by atoms with Crippen LogP contribution in [0.4, 0.5) is 0 Å². The number of nitrogens with zero attached hydrogens (tertiary/aromatic N) is 1. The van der Waals surface area contributed by atoms with Crippen molar-refractivity contribution in [3.63, 3.8) is 0 Å². The Morgan fingerprint density at radius 3 is 2.50 bits per heavy atom. The van der Waals surface area contributed by atoms with Gasteiger partial charge in [-0.25, -0.2) is 10.2 Å². The highest BCUT2D eigenvalue weighted by Crippen LogP contribution is 2.23. The number of hydrazone groups is 1. The van der Waals surface area contributed by atoms with Crippen LogP contribution < -0.4 is 14.9 Å². The number of aliphatic hydroxyl groups is 1. The zero-order chi connectivity index (χ0) is 22.9. The highest BCUT2D eigenvalue weighted by atomic mass is 79.9. The lowest BCUT2D eigenvalue weighted by Gasteiger charge is -2.10. The van der Waals surface area contributed by atoms with Gasteiger partial charge in [0.25, 0.3) is 5.91 Å². The van der Waals surface area contributed by atoms with E-state index in [2.05, 4.69) is 26.5 Å². The topological polar surface area (TPSA) is 97.2 Å². The van der Waals surface area contributed by atoms with Gasteiger partial charge < -0.3 is 14.6 Å². The predicted molar refractivity (Wildman–Crippen MR) is 124 cm³/mol. The van der Waals surface area contributed by atoms with Gasteiger partial charge in [0.05, 0.1) is 18.4 Å². The molecule has 0 heterocycles. The summed E-state index contributed by atoms with van der Waals surface area (Å²) < 4.78 is 11.6. The minimum absolute atomic E-state index is 0.258. The Balaban J connectivity index is 1.69. The number of halogens is 1. The summed E-state index contributed by atoms with van der Waals surface area (Å²) in [6.45, 7) is 2.41. The Hall–Kier alpha value is -3.49. The molecule has 32 heavy (non-hydrogen) atoms. The van der Waals surface area contributed by atoms with Crippen LogP contribution in [0.25, 0.3) is 0 Å². The molecule has 7 nitrogen and oxygen atoms in total. The molecule has 0 spiro atoms. The summed E-state index contributed by atoms with van der Waals surface area (Å²) in [7, 11) is 0. The molecular weight excluding hydrogens is 476 g/mol. The fourth-order valence-electron chi connectivity index (χ4n) is 2.74. The van der Waals surface area contributed by atoms with Crippen LogP contribution >= 0.6 is 15.9 Å². The number of hydrogen-bond donors (Lipinski definition) is 2. The Morgan fingerprint density at radius 2 is 1.81 bits per heavy atom. The number of amides is 1. The molecule has 3 rings (SSSR count). The van der Waals surface area contributed by atoms with Crippen molar-refractivity contribution in [3.05, 3.63) is 94.0 Å². The lowest BCUT2D eigenvalue weighted by atomic mass is 10.1.